The maximum atomic E-state index is 11.6. The summed E-state index contributed by atoms with van der Waals surface area (Å²) >= 11 is 1.61. The summed E-state index contributed by atoms with van der Waals surface area (Å²) in [5.41, 5.74) is 4.45. The molecule has 5 heterocycles. The van der Waals surface area contributed by atoms with Gasteiger partial charge in [0.1, 0.15) is 27.8 Å². The standard InChI is InChI=1S/C21H23N7O2S/c1-12(2)17-18(13-8-15(30-3)20-23-11-24-28(20)10-13)25-26-19(17)21-22-9-16(31-21)27-6-4-14(29)5-7-27/h8-12H,4-7H2,1-3H3,(H,25,26). The van der Waals surface area contributed by atoms with Crippen LogP contribution in [0, 0.1) is 0 Å². The molecule has 1 N–H and O–H groups in total. The Kier molecular flexibility index (Phi) is 4.93. The highest BCUT2D eigenvalue weighted by atomic mass is 32.1. The number of piperidine rings is 1. The molecule has 0 unspecified atom stereocenters. The second-order valence-electron chi connectivity index (χ2n) is 7.87. The summed E-state index contributed by atoms with van der Waals surface area (Å²) in [5, 5.41) is 14.1. The summed E-state index contributed by atoms with van der Waals surface area (Å²) in [6.45, 7) is 5.80. The Balaban J connectivity index is 1.55. The smallest absolute Gasteiger partial charge is 0.197 e. The van der Waals surface area contributed by atoms with Crippen LogP contribution in [-0.2, 0) is 4.79 Å². The fourth-order valence-corrected chi connectivity index (χ4v) is 4.95. The summed E-state index contributed by atoms with van der Waals surface area (Å²) in [6, 6.07) is 1.95. The largest absolute Gasteiger partial charge is 0.493 e. The number of ketones is 1. The number of aromatic amines is 1. The molecular formula is C21H23N7O2S. The number of carbonyl (C=O) groups excluding carboxylic acids is 1. The number of anilines is 1. The number of methoxy groups -OCH3 is 1. The van der Waals surface area contributed by atoms with E-state index in [1.165, 1.54) is 6.33 Å². The van der Waals surface area contributed by atoms with E-state index >= 15 is 0 Å². The molecule has 10 heteroatoms. The van der Waals surface area contributed by atoms with Gasteiger partial charge in [-0.25, -0.2) is 14.5 Å². The molecule has 0 aromatic carbocycles. The van der Waals surface area contributed by atoms with Gasteiger partial charge < -0.3 is 9.64 Å². The molecule has 1 saturated heterocycles. The molecule has 0 bridgehead atoms. The van der Waals surface area contributed by atoms with Gasteiger partial charge in [-0.1, -0.05) is 25.2 Å². The molecule has 0 atom stereocenters. The maximum Gasteiger partial charge on any atom is 0.197 e. The minimum Gasteiger partial charge on any atom is -0.493 e. The Morgan fingerprint density at radius 3 is 2.77 bits per heavy atom. The number of H-pyrrole nitrogens is 1. The van der Waals surface area contributed by atoms with E-state index in [4.69, 9.17) is 4.74 Å². The predicted octanol–water partition coefficient (Wildman–Crippen LogP) is 3.54. The Hall–Kier alpha value is -3.27. The third kappa shape index (κ3) is 3.46. The van der Waals surface area contributed by atoms with Crippen molar-refractivity contribution in [3.05, 3.63) is 30.4 Å². The second kappa shape index (κ2) is 7.77. The zero-order valence-electron chi connectivity index (χ0n) is 17.6. The van der Waals surface area contributed by atoms with Gasteiger partial charge in [0.05, 0.1) is 19.0 Å². The molecule has 5 rings (SSSR count). The average Bonchev–Trinajstić information content (AvgIpc) is 3.51. The number of rotatable bonds is 5. The van der Waals surface area contributed by atoms with E-state index in [0.29, 0.717) is 30.0 Å². The molecule has 0 amide bonds. The molecule has 0 aliphatic carbocycles. The number of nitrogens with zero attached hydrogens (tertiary/aromatic N) is 6. The highest BCUT2D eigenvalue weighted by molar-refractivity contribution is 7.18. The van der Waals surface area contributed by atoms with Gasteiger partial charge in [0.15, 0.2) is 11.4 Å². The van der Waals surface area contributed by atoms with Gasteiger partial charge in [0.2, 0.25) is 0 Å². The van der Waals surface area contributed by atoms with Crippen molar-refractivity contribution in [3.8, 4) is 27.7 Å². The van der Waals surface area contributed by atoms with E-state index in [9.17, 15) is 4.79 Å². The minimum absolute atomic E-state index is 0.223. The number of Topliss-reactive ketones (excluding diaryl/α,β-unsaturated/α-hetero) is 1. The lowest BCUT2D eigenvalue weighted by Crippen LogP contribution is -2.33. The summed E-state index contributed by atoms with van der Waals surface area (Å²) in [4.78, 5) is 22.7. The van der Waals surface area contributed by atoms with Gasteiger partial charge in [-0.15, -0.1) is 0 Å². The molecule has 0 saturated carbocycles. The van der Waals surface area contributed by atoms with Crippen molar-refractivity contribution in [2.45, 2.75) is 32.6 Å². The fraction of sp³-hybridized carbons (Fsp3) is 0.381. The van der Waals surface area contributed by atoms with Crippen molar-refractivity contribution < 1.29 is 9.53 Å². The van der Waals surface area contributed by atoms with E-state index in [-0.39, 0.29) is 5.92 Å². The number of pyridine rings is 1. The van der Waals surface area contributed by atoms with Crippen LogP contribution in [0.25, 0.3) is 27.6 Å². The lowest BCUT2D eigenvalue weighted by Gasteiger charge is -2.25. The van der Waals surface area contributed by atoms with Crippen LogP contribution in [0.5, 0.6) is 5.75 Å². The molecule has 1 aliphatic heterocycles. The normalized spacial score (nSPS) is 14.7. The summed E-state index contributed by atoms with van der Waals surface area (Å²) in [6.07, 6.45) is 6.52. The zero-order valence-corrected chi connectivity index (χ0v) is 18.4. The van der Waals surface area contributed by atoms with E-state index in [0.717, 1.165) is 45.6 Å². The van der Waals surface area contributed by atoms with Crippen molar-refractivity contribution in [2.24, 2.45) is 0 Å². The van der Waals surface area contributed by atoms with Crippen molar-refractivity contribution in [1.29, 1.82) is 0 Å². The Morgan fingerprint density at radius 1 is 1.23 bits per heavy atom. The zero-order chi connectivity index (χ0) is 21.5. The van der Waals surface area contributed by atoms with Crippen LogP contribution in [-0.4, -0.2) is 55.8 Å². The second-order valence-corrected chi connectivity index (χ2v) is 8.88. The molecule has 4 aromatic rings. The first-order chi connectivity index (χ1) is 15.0. The van der Waals surface area contributed by atoms with E-state index in [1.807, 2.05) is 18.5 Å². The van der Waals surface area contributed by atoms with Crippen molar-refractivity contribution in [1.82, 2.24) is 29.8 Å². The molecular weight excluding hydrogens is 414 g/mol. The topological polar surface area (TPSA) is 101 Å². The van der Waals surface area contributed by atoms with Gasteiger partial charge in [0, 0.05) is 43.3 Å². The number of ether oxygens (including phenoxy) is 1. The number of carbonyl (C=O) groups is 1. The van der Waals surface area contributed by atoms with Crippen LogP contribution in [0.3, 0.4) is 0 Å². The number of aromatic nitrogens is 6. The van der Waals surface area contributed by atoms with E-state index < -0.39 is 0 Å². The lowest BCUT2D eigenvalue weighted by atomic mass is 9.97. The first-order valence-electron chi connectivity index (χ1n) is 10.2. The Bertz CT molecular complexity index is 1250. The average molecular weight is 438 g/mol. The number of thiazole rings is 1. The number of hydrogen-bond donors (Lipinski definition) is 1. The Morgan fingerprint density at radius 2 is 2.03 bits per heavy atom. The van der Waals surface area contributed by atoms with Gasteiger partial charge in [-0.2, -0.15) is 10.2 Å². The highest BCUT2D eigenvalue weighted by Gasteiger charge is 2.24. The van der Waals surface area contributed by atoms with Crippen molar-refractivity contribution >= 4 is 27.8 Å². The van der Waals surface area contributed by atoms with Crippen LogP contribution in [0.15, 0.2) is 24.8 Å². The first kappa shape index (κ1) is 19.7. The summed E-state index contributed by atoms with van der Waals surface area (Å²) in [5.74, 6) is 1.21. The van der Waals surface area contributed by atoms with Crippen molar-refractivity contribution in [2.75, 3.05) is 25.1 Å². The number of nitrogens with one attached hydrogen (secondary N) is 1. The van der Waals surface area contributed by atoms with Gasteiger partial charge in [-0.05, 0) is 12.0 Å². The van der Waals surface area contributed by atoms with Gasteiger partial charge in [-0.3, -0.25) is 9.89 Å². The third-order valence-corrected chi connectivity index (χ3v) is 6.63. The lowest BCUT2D eigenvalue weighted by molar-refractivity contribution is -0.119. The van der Waals surface area contributed by atoms with Gasteiger partial charge >= 0.3 is 0 Å². The molecule has 31 heavy (non-hydrogen) atoms. The summed E-state index contributed by atoms with van der Waals surface area (Å²) < 4.78 is 7.23. The molecule has 160 valence electrons. The van der Waals surface area contributed by atoms with Crippen LogP contribution >= 0.6 is 11.3 Å². The monoisotopic (exact) mass is 437 g/mol. The predicted molar refractivity (Wildman–Crippen MR) is 119 cm³/mol. The van der Waals surface area contributed by atoms with Crippen LogP contribution in [0.1, 0.15) is 38.2 Å². The SMILES string of the molecule is COc1cc(-c2[nH]nc(-c3ncc(N4CCC(=O)CC4)s3)c2C(C)C)cn2ncnc12. The quantitative estimate of drug-likeness (QED) is 0.509. The van der Waals surface area contributed by atoms with Crippen LogP contribution in [0.4, 0.5) is 5.00 Å². The maximum absolute atomic E-state index is 11.6. The van der Waals surface area contributed by atoms with E-state index in [1.54, 1.807) is 23.0 Å². The molecule has 4 aromatic heterocycles. The summed E-state index contributed by atoms with van der Waals surface area (Å²) in [7, 11) is 1.63. The molecule has 1 fully saturated rings. The first-order valence-corrected chi connectivity index (χ1v) is 11.1. The van der Waals surface area contributed by atoms with Gasteiger partial charge in [0.25, 0.3) is 0 Å². The fourth-order valence-electron chi connectivity index (χ4n) is 3.98. The minimum atomic E-state index is 0.223. The van der Waals surface area contributed by atoms with Crippen molar-refractivity contribution in [3.63, 3.8) is 0 Å². The highest BCUT2D eigenvalue weighted by Crippen LogP contribution is 2.39. The third-order valence-electron chi connectivity index (χ3n) is 5.56. The van der Waals surface area contributed by atoms with E-state index in [2.05, 4.69) is 44.0 Å². The van der Waals surface area contributed by atoms with Crippen LogP contribution < -0.4 is 9.64 Å². The molecule has 0 spiro atoms. The molecule has 9 nitrogen and oxygen atoms in total. The Labute approximate surface area is 183 Å². The molecule has 0 radical (unpaired) electrons. The number of hydrogen-bond acceptors (Lipinski definition) is 8. The molecule has 1 aliphatic rings. The number of fused-ring (bicyclic) bond motifs is 1. The van der Waals surface area contributed by atoms with Crippen LogP contribution in [0.2, 0.25) is 0 Å².